The molecule has 0 aliphatic rings. The Morgan fingerprint density at radius 3 is 1.36 bits per heavy atom. The molecule has 2 nitrogen and oxygen atoms in total. The van der Waals surface area contributed by atoms with Crippen LogP contribution in [0.5, 0.6) is 0 Å². The summed E-state index contributed by atoms with van der Waals surface area (Å²) in [7, 11) is 0. The van der Waals surface area contributed by atoms with Crippen LogP contribution in [0.4, 0.5) is 17.1 Å². The van der Waals surface area contributed by atoms with Gasteiger partial charge in [0, 0.05) is 33.5 Å². The van der Waals surface area contributed by atoms with E-state index in [1.165, 1.54) is 76.7 Å². The number of fused-ring (bicyclic) bond motifs is 6. The van der Waals surface area contributed by atoms with Gasteiger partial charge in [-0.3, -0.25) is 0 Å². The molecule has 10 aromatic carbocycles. The van der Waals surface area contributed by atoms with Crippen molar-refractivity contribution in [2.45, 2.75) is 0 Å². The lowest BCUT2D eigenvalue weighted by Gasteiger charge is -2.27. The maximum Gasteiger partial charge on any atom is 0.0541 e. The molecule has 0 unspecified atom stereocenters. The molecular weight excluding hydrogens is 701 g/mol. The molecule has 0 saturated heterocycles. The second kappa shape index (κ2) is 14.1. The predicted molar refractivity (Wildman–Crippen MR) is 247 cm³/mol. The second-order valence-corrected chi connectivity index (χ2v) is 15.0. The van der Waals surface area contributed by atoms with Gasteiger partial charge in [-0.2, -0.15) is 0 Å². The third kappa shape index (κ3) is 5.82. The molecule has 0 atom stereocenters. The maximum atomic E-state index is 2.39. The van der Waals surface area contributed by atoms with Crippen molar-refractivity contribution in [3.8, 4) is 39.1 Å². The van der Waals surface area contributed by atoms with Crippen molar-refractivity contribution < 1.29 is 0 Å². The average molecular weight is 739 g/mol. The summed E-state index contributed by atoms with van der Waals surface area (Å²) >= 11 is 0. The van der Waals surface area contributed by atoms with E-state index in [0.717, 1.165) is 22.7 Å². The molecule has 1 aromatic heterocycles. The summed E-state index contributed by atoms with van der Waals surface area (Å²) in [5.41, 5.74) is 14.0. The fraction of sp³-hybridized carbons (Fsp3) is 0. The van der Waals surface area contributed by atoms with Crippen LogP contribution >= 0.6 is 0 Å². The fourth-order valence-corrected chi connectivity index (χ4v) is 8.79. The largest absolute Gasteiger partial charge is 0.310 e. The molecule has 11 rings (SSSR count). The van der Waals surface area contributed by atoms with Crippen molar-refractivity contribution in [1.29, 1.82) is 0 Å². The zero-order valence-electron chi connectivity index (χ0n) is 31.8. The van der Waals surface area contributed by atoms with E-state index in [0.29, 0.717) is 0 Å². The topological polar surface area (TPSA) is 8.17 Å². The molecule has 11 aromatic rings. The first kappa shape index (κ1) is 33.6. The third-order valence-corrected chi connectivity index (χ3v) is 11.6. The van der Waals surface area contributed by atoms with Gasteiger partial charge in [0.25, 0.3) is 0 Å². The molecule has 0 spiro atoms. The number of para-hydroxylation sites is 2. The lowest BCUT2D eigenvalue weighted by atomic mass is 9.93. The van der Waals surface area contributed by atoms with Gasteiger partial charge in [-0.1, -0.05) is 170 Å². The van der Waals surface area contributed by atoms with Crippen molar-refractivity contribution in [2.24, 2.45) is 0 Å². The summed E-state index contributed by atoms with van der Waals surface area (Å²) in [6.07, 6.45) is 0. The summed E-state index contributed by atoms with van der Waals surface area (Å²) in [6.45, 7) is 0. The Morgan fingerprint density at radius 2 is 0.741 bits per heavy atom. The number of anilines is 3. The quantitative estimate of drug-likeness (QED) is 0.148. The maximum absolute atomic E-state index is 2.39. The van der Waals surface area contributed by atoms with Gasteiger partial charge in [-0.05, 0) is 116 Å². The molecule has 0 aliphatic heterocycles. The number of rotatable bonds is 7. The number of benzene rings is 10. The first-order valence-electron chi connectivity index (χ1n) is 19.9. The SMILES string of the molecule is c1ccc(-c2ccc(-c3ccc(N(c4ccc(-c5cc6ccccc6c6ccccc56)cc4)c4cccc(-n5c6ccccc6c6ccccc65)c4)cc3)cc2)cc1. The van der Waals surface area contributed by atoms with Gasteiger partial charge >= 0.3 is 0 Å². The van der Waals surface area contributed by atoms with Crippen molar-refractivity contribution in [2.75, 3.05) is 4.90 Å². The van der Waals surface area contributed by atoms with Crippen LogP contribution in [0.1, 0.15) is 0 Å². The van der Waals surface area contributed by atoms with Gasteiger partial charge < -0.3 is 9.47 Å². The minimum Gasteiger partial charge on any atom is -0.310 e. The normalized spacial score (nSPS) is 11.4. The summed E-state index contributed by atoms with van der Waals surface area (Å²) in [4.78, 5) is 2.38. The predicted octanol–water partition coefficient (Wildman–Crippen LogP) is 15.6. The zero-order valence-corrected chi connectivity index (χ0v) is 31.8. The van der Waals surface area contributed by atoms with Gasteiger partial charge in [-0.25, -0.2) is 0 Å². The van der Waals surface area contributed by atoms with Crippen molar-refractivity contribution in [3.63, 3.8) is 0 Å². The molecule has 0 N–H and O–H groups in total. The number of aromatic nitrogens is 1. The molecule has 2 heteroatoms. The molecule has 0 amide bonds. The minimum atomic E-state index is 1.09. The number of nitrogens with zero attached hydrogens (tertiary/aromatic N) is 2. The molecule has 0 fully saturated rings. The van der Waals surface area contributed by atoms with E-state index >= 15 is 0 Å². The summed E-state index contributed by atoms with van der Waals surface area (Å²) in [6, 6.07) is 83.6. The highest BCUT2D eigenvalue weighted by Gasteiger charge is 2.17. The monoisotopic (exact) mass is 738 g/mol. The Hall–Kier alpha value is -7.68. The number of hydrogen-bond acceptors (Lipinski definition) is 1. The molecular formula is C56H38N2. The Labute approximate surface area is 338 Å². The second-order valence-electron chi connectivity index (χ2n) is 15.0. The molecule has 0 bridgehead atoms. The van der Waals surface area contributed by atoms with Crippen LogP contribution in [0.3, 0.4) is 0 Å². The van der Waals surface area contributed by atoms with Gasteiger partial charge in [0.2, 0.25) is 0 Å². The van der Waals surface area contributed by atoms with E-state index < -0.39 is 0 Å². The first-order valence-corrected chi connectivity index (χ1v) is 19.9. The van der Waals surface area contributed by atoms with Crippen LogP contribution in [0, 0.1) is 0 Å². The van der Waals surface area contributed by atoms with Gasteiger partial charge in [0.05, 0.1) is 11.0 Å². The standard InChI is InChI=1S/C56H38N2/c1-2-13-39(14-3-1)40-25-27-41(28-26-40)42-29-33-45(34-30-42)57(47-16-12-17-48(38-47)58-55-23-10-8-21-52(55)53-22-9-11-24-56(53)58)46-35-31-43(32-36-46)54-37-44-15-4-5-18-49(44)50-19-6-7-20-51(50)54/h1-38H. The highest BCUT2D eigenvalue weighted by atomic mass is 15.1. The molecule has 0 saturated carbocycles. The van der Waals surface area contributed by atoms with Crippen LogP contribution in [-0.2, 0) is 0 Å². The Morgan fingerprint density at radius 1 is 0.276 bits per heavy atom. The third-order valence-electron chi connectivity index (χ3n) is 11.6. The van der Waals surface area contributed by atoms with E-state index in [2.05, 4.69) is 240 Å². The van der Waals surface area contributed by atoms with Crippen molar-refractivity contribution in [3.05, 3.63) is 231 Å². The van der Waals surface area contributed by atoms with E-state index in [-0.39, 0.29) is 0 Å². The van der Waals surface area contributed by atoms with Crippen molar-refractivity contribution in [1.82, 2.24) is 4.57 Å². The Kier molecular flexibility index (Phi) is 8.19. The summed E-state index contributed by atoms with van der Waals surface area (Å²) in [5, 5.41) is 7.58. The average Bonchev–Trinajstić information content (AvgIpc) is 3.64. The Bertz CT molecular complexity index is 3200. The molecule has 272 valence electrons. The highest BCUT2D eigenvalue weighted by Crippen LogP contribution is 2.41. The lowest BCUT2D eigenvalue weighted by Crippen LogP contribution is -2.10. The van der Waals surface area contributed by atoms with Crippen LogP contribution in [0.25, 0.3) is 82.4 Å². The molecule has 58 heavy (non-hydrogen) atoms. The van der Waals surface area contributed by atoms with Crippen LogP contribution in [-0.4, -0.2) is 4.57 Å². The molecule has 1 heterocycles. The van der Waals surface area contributed by atoms with Gasteiger partial charge in [0.15, 0.2) is 0 Å². The van der Waals surface area contributed by atoms with Crippen LogP contribution in [0.2, 0.25) is 0 Å². The van der Waals surface area contributed by atoms with Crippen LogP contribution in [0.15, 0.2) is 231 Å². The number of hydrogen-bond donors (Lipinski definition) is 0. The van der Waals surface area contributed by atoms with Gasteiger partial charge in [-0.15, -0.1) is 0 Å². The van der Waals surface area contributed by atoms with Crippen molar-refractivity contribution >= 4 is 60.4 Å². The minimum absolute atomic E-state index is 1.09. The van der Waals surface area contributed by atoms with E-state index in [4.69, 9.17) is 0 Å². The van der Waals surface area contributed by atoms with E-state index in [1.54, 1.807) is 0 Å². The fourth-order valence-electron chi connectivity index (χ4n) is 8.79. The zero-order chi connectivity index (χ0) is 38.4. The van der Waals surface area contributed by atoms with E-state index in [1.807, 2.05) is 0 Å². The highest BCUT2D eigenvalue weighted by molar-refractivity contribution is 6.14. The van der Waals surface area contributed by atoms with Crippen LogP contribution < -0.4 is 4.90 Å². The lowest BCUT2D eigenvalue weighted by molar-refractivity contribution is 1.17. The first-order chi connectivity index (χ1) is 28.8. The Balaban J connectivity index is 1.02. The van der Waals surface area contributed by atoms with Gasteiger partial charge in [0.1, 0.15) is 0 Å². The molecule has 0 aliphatic carbocycles. The smallest absolute Gasteiger partial charge is 0.0541 e. The molecule has 0 radical (unpaired) electrons. The summed E-state index contributed by atoms with van der Waals surface area (Å²) < 4.78 is 2.39. The summed E-state index contributed by atoms with van der Waals surface area (Å²) in [5.74, 6) is 0. The van der Waals surface area contributed by atoms with E-state index in [9.17, 15) is 0 Å².